The first-order valence-corrected chi connectivity index (χ1v) is 6.45. The summed E-state index contributed by atoms with van der Waals surface area (Å²) in [6.07, 6.45) is 1.31. The Kier molecular flexibility index (Phi) is 2.66. The number of fused-ring (bicyclic) bond motifs is 1. The summed E-state index contributed by atoms with van der Waals surface area (Å²) in [7, 11) is -0.394. The van der Waals surface area contributed by atoms with Gasteiger partial charge in [0.2, 0.25) is 9.84 Å². The minimum absolute atomic E-state index is 0.132. The molecular weight excluding hydrogens is 240 g/mol. The number of hydrogen-bond donors (Lipinski definition) is 1. The van der Waals surface area contributed by atoms with Crippen molar-refractivity contribution in [1.29, 1.82) is 0 Å². The normalized spacial score (nSPS) is 19.6. The Morgan fingerprint density at radius 2 is 1.88 bits per heavy atom. The number of anilines is 1. The van der Waals surface area contributed by atoms with Gasteiger partial charge in [0.15, 0.2) is 4.91 Å². The predicted molar refractivity (Wildman–Crippen MR) is 64.0 cm³/mol. The number of carbonyl (C=O) groups excluding carboxylic acids is 1. The molecule has 0 atom stereocenters. The molecule has 0 aliphatic carbocycles. The Bertz CT molecular complexity index is 603. The highest BCUT2D eigenvalue weighted by molar-refractivity contribution is 7.96. The van der Waals surface area contributed by atoms with Crippen LogP contribution in [0.3, 0.4) is 0 Å². The fraction of sp³-hybridized carbons (Fsp3) is 0.182. The van der Waals surface area contributed by atoms with Gasteiger partial charge < -0.3 is 10.2 Å². The number of rotatable bonds is 1. The van der Waals surface area contributed by atoms with Crippen molar-refractivity contribution in [3.05, 3.63) is 35.4 Å². The average molecular weight is 252 g/mol. The van der Waals surface area contributed by atoms with E-state index in [1.165, 1.54) is 17.2 Å². The summed E-state index contributed by atoms with van der Waals surface area (Å²) in [6, 6.07) is 6.35. The number of nitrogens with zero attached hydrogens (tertiary/aromatic N) is 1. The minimum atomic E-state index is -3.72. The van der Waals surface area contributed by atoms with Crippen LogP contribution in [0.1, 0.15) is 0 Å². The number of hydrogen-bond acceptors (Lipinski definition) is 4. The molecule has 6 heteroatoms. The lowest BCUT2D eigenvalue weighted by Crippen LogP contribution is -2.28. The second kappa shape index (κ2) is 3.89. The van der Waals surface area contributed by atoms with Gasteiger partial charge in [-0.05, 0) is 12.1 Å². The van der Waals surface area contributed by atoms with Crippen LogP contribution in [0.2, 0.25) is 0 Å². The molecule has 2 rings (SSSR count). The maximum atomic E-state index is 12.2. The van der Waals surface area contributed by atoms with Crippen LogP contribution >= 0.6 is 0 Å². The number of carbonyl (C=O) groups is 1. The number of benzene rings is 1. The highest BCUT2D eigenvalue weighted by Crippen LogP contribution is 2.31. The van der Waals surface area contributed by atoms with Gasteiger partial charge in [-0.15, -0.1) is 0 Å². The molecule has 1 aromatic rings. The Labute approximate surface area is 99.7 Å². The van der Waals surface area contributed by atoms with Crippen molar-refractivity contribution < 1.29 is 13.2 Å². The van der Waals surface area contributed by atoms with E-state index in [1.54, 1.807) is 32.3 Å². The molecule has 0 unspecified atom stereocenters. The summed E-state index contributed by atoms with van der Waals surface area (Å²) in [5, 5.41) is 2.56. The zero-order valence-electron chi connectivity index (χ0n) is 9.47. The van der Waals surface area contributed by atoms with E-state index in [1.807, 2.05) is 0 Å². The Hall–Kier alpha value is -1.82. The van der Waals surface area contributed by atoms with E-state index in [0.717, 1.165) is 0 Å². The van der Waals surface area contributed by atoms with Crippen molar-refractivity contribution in [2.45, 2.75) is 4.90 Å². The lowest BCUT2D eigenvalue weighted by atomic mass is 10.3. The smallest absolute Gasteiger partial charge is 0.269 e. The first-order chi connectivity index (χ1) is 7.93. The Balaban J connectivity index is 2.68. The highest BCUT2D eigenvalue weighted by atomic mass is 32.2. The molecule has 0 spiro atoms. The first kappa shape index (κ1) is 11.7. The van der Waals surface area contributed by atoms with Crippen LogP contribution in [0, 0.1) is 0 Å². The number of sulfone groups is 1. The number of amides is 1. The van der Waals surface area contributed by atoms with E-state index < -0.39 is 15.7 Å². The number of nitrogens with one attached hydrogen (secondary N) is 1. The molecule has 1 aliphatic heterocycles. The minimum Gasteiger partial charge on any atom is -0.382 e. The Morgan fingerprint density at radius 1 is 1.24 bits per heavy atom. The maximum absolute atomic E-state index is 12.2. The molecule has 1 aliphatic rings. The molecule has 0 saturated carbocycles. The van der Waals surface area contributed by atoms with Gasteiger partial charge in [-0.2, -0.15) is 0 Å². The van der Waals surface area contributed by atoms with Crippen LogP contribution in [-0.4, -0.2) is 33.3 Å². The molecule has 0 fully saturated rings. The van der Waals surface area contributed by atoms with Gasteiger partial charge in [0.25, 0.3) is 5.91 Å². The van der Waals surface area contributed by atoms with Crippen molar-refractivity contribution >= 4 is 21.4 Å². The lowest BCUT2D eigenvalue weighted by Gasteiger charge is -2.20. The van der Waals surface area contributed by atoms with Crippen molar-refractivity contribution in [2.24, 2.45) is 0 Å². The van der Waals surface area contributed by atoms with Crippen molar-refractivity contribution in [3.8, 4) is 0 Å². The van der Waals surface area contributed by atoms with Gasteiger partial charge in [0.1, 0.15) is 0 Å². The van der Waals surface area contributed by atoms with Gasteiger partial charge in [0.05, 0.1) is 10.6 Å². The summed E-state index contributed by atoms with van der Waals surface area (Å²) < 4.78 is 24.4. The SMILES string of the molecule is CN(C)/C=C1\C(=O)Nc2ccccc2S1(=O)=O. The fourth-order valence-corrected chi connectivity index (χ4v) is 3.14. The van der Waals surface area contributed by atoms with Gasteiger partial charge in [-0.1, -0.05) is 12.1 Å². The molecule has 1 aromatic carbocycles. The second-order valence-corrected chi connectivity index (χ2v) is 5.80. The topological polar surface area (TPSA) is 66.5 Å². The van der Waals surface area contributed by atoms with Crippen molar-refractivity contribution in [1.82, 2.24) is 4.90 Å². The molecule has 0 bridgehead atoms. The monoisotopic (exact) mass is 252 g/mol. The van der Waals surface area contributed by atoms with Gasteiger partial charge in [0, 0.05) is 20.3 Å². The fourth-order valence-electron chi connectivity index (χ4n) is 1.59. The molecule has 1 N–H and O–H groups in total. The molecule has 0 radical (unpaired) electrons. The molecule has 17 heavy (non-hydrogen) atoms. The zero-order chi connectivity index (χ0) is 12.6. The summed E-state index contributed by atoms with van der Waals surface area (Å²) in [5.41, 5.74) is 0.327. The van der Waals surface area contributed by atoms with E-state index in [-0.39, 0.29) is 9.80 Å². The first-order valence-electron chi connectivity index (χ1n) is 4.96. The van der Waals surface area contributed by atoms with Crippen LogP contribution in [-0.2, 0) is 14.6 Å². The third-order valence-electron chi connectivity index (χ3n) is 2.31. The third kappa shape index (κ3) is 1.91. The highest BCUT2D eigenvalue weighted by Gasteiger charge is 2.34. The predicted octanol–water partition coefficient (Wildman–Crippen LogP) is 0.815. The van der Waals surface area contributed by atoms with Crippen LogP contribution in [0.5, 0.6) is 0 Å². The van der Waals surface area contributed by atoms with E-state index in [0.29, 0.717) is 5.69 Å². The largest absolute Gasteiger partial charge is 0.382 e. The molecule has 0 aromatic heterocycles. The van der Waals surface area contributed by atoms with E-state index >= 15 is 0 Å². The van der Waals surface area contributed by atoms with Crippen LogP contribution in [0.4, 0.5) is 5.69 Å². The second-order valence-electron chi connectivity index (χ2n) is 3.91. The molecular formula is C11H12N2O3S. The van der Waals surface area contributed by atoms with E-state index in [4.69, 9.17) is 0 Å². The molecule has 1 amide bonds. The van der Waals surface area contributed by atoms with Crippen molar-refractivity contribution in [3.63, 3.8) is 0 Å². The molecule has 5 nitrogen and oxygen atoms in total. The summed E-state index contributed by atoms with van der Waals surface area (Å²) in [5.74, 6) is -0.600. The zero-order valence-corrected chi connectivity index (χ0v) is 10.3. The molecule has 90 valence electrons. The van der Waals surface area contributed by atoms with Crippen LogP contribution in [0.25, 0.3) is 0 Å². The van der Waals surface area contributed by atoms with Crippen LogP contribution in [0.15, 0.2) is 40.3 Å². The standard InChI is InChI=1S/C11H12N2O3S/c1-13(2)7-10-11(14)12-8-5-3-4-6-9(8)17(10,15)16/h3-7H,1-2H3,(H,12,14)/b10-7+. The summed E-state index contributed by atoms with van der Waals surface area (Å²) >= 11 is 0. The quantitative estimate of drug-likeness (QED) is 0.751. The van der Waals surface area contributed by atoms with Gasteiger partial charge in [-0.25, -0.2) is 8.42 Å². The van der Waals surface area contributed by atoms with Crippen molar-refractivity contribution in [2.75, 3.05) is 19.4 Å². The van der Waals surface area contributed by atoms with Crippen LogP contribution < -0.4 is 5.32 Å². The maximum Gasteiger partial charge on any atom is 0.269 e. The van der Waals surface area contributed by atoms with E-state index in [2.05, 4.69) is 5.32 Å². The van der Waals surface area contributed by atoms with Gasteiger partial charge >= 0.3 is 0 Å². The summed E-state index contributed by atoms with van der Waals surface area (Å²) in [4.78, 5) is 13.1. The Morgan fingerprint density at radius 3 is 2.53 bits per heavy atom. The molecule has 0 saturated heterocycles. The average Bonchev–Trinajstić information content (AvgIpc) is 2.24. The van der Waals surface area contributed by atoms with E-state index in [9.17, 15) is 13.2 Å². The van der Waals surface area contributed by atoms with Gasteiger partial charge in [-0.3, -0.25) is 4.79 Å². The molecule has 1 heterocycles. The number of para-hydroxylation sites is 1. The summed E-state index contributed by atoms with van der Waals surface area (Å²) in [6.45, 7) is 0. The lowest BCUT2D eigenvalue weighted by molar-refractivity contribution is -0.112. The third-order valence-corrected chi connectivity index (χ3v) is 4.12.